The van der Waals surface area contributed by atoms with Crippen LogP contribution in [0.4, 0.5) is 58.8 Å². The first-order valence-corrected chi connectivity index (χ1v) is 51.9. The molecular formula is C103H111N35O4S5. The zero-order valence-corrected chi connectivity index (χ0v) is 86.4. The zero-order chi connectivity index (χ0) is 101. The standard InChI is InChI=1S/C23H26N8O2S.C21H24N8OS.C21H22N6S.C20H21N7OS.C18H18N6S/c1-16-14-19(29-28-16)26-23-27-21(15-20-24-7-9-31(20)23)34-18-4-2-17(3-5-18)22(32)25-6-8-30-10-12-33-13-11-30;1-14-12-17(27-26-14)24-21-25-19(13-18-22-9-11-29(18)21)31-16-6-4-15(5-7-16)20(30)23-8-10-28(2)3;1-14-12-18(26-25-14)23-21-24-20(13-19-22-10-11-27(19)21)28-17-8-6-16(7-9-17)5-4-15-2-3-15;1-13-9-17(26-25-13)23-20-24-19(11-18-22-7-8-27(18)20)29-16-5-3-14(4-6-16)10-15(28)12-21-2;1-3-13-4-6-14(7-5-13)25-17-11-16-19-8-9-24(16)18(21-17)20-15-10-12(2)22-23-15/h2-5,7,9,14-15H,6,8,10-13H2,1H3,(H,25,32)(H2,26,27,28,29);4-7,9,11-13H,8,10H2,1-3H3,(H,23,30)(H2,24,25,26,27);6-13,15H,2-5H2,1H3,(H2,23,24,25,26);3-9,11,21H,10,12H2,1-2H3,(H2,23,24,25,26);4-11H,3H2,1-2H3,(H2,20,21,22,23). The van der Waals surface area contributed by atoms with E-state index in [2.05, 4.69) is 179 Å². The summed E-state index contributed by atoms with van der Waals surface area (Å²) in [5.41, 5.74) is 14.0. The molecule has 44 heteroatoms. The van der Waals surface area contributed by atoms with Crippen molar-refractivity contribution in [2.45, 2.75) is 130 Å². The van der Waals surface area contributed by atoms with Crippen LogP contribution in [-0.4, -0.2) is 230 Å². The highest BCUT2D eigenvalue weighted by molar-refractivity contribution is 8.00. The lowest BCUT2D eigenvalue weighted by molar-refractivity contribution is -0.117. The van der Waals surface area contributed by atoms with Crippen molar-refractivity contribution in [3.05, 3.63) is 300 Å². The van der Waals surface area contributed by atoms with E-state index in [1.54, 1.807) is 73.3 Å². The maximum atomic E-state index is 12.5. The summed E-state index contributed by atoms with van der Waals surface area (Å²) in [6.45, 7) is 18.5. The predicted molar refractivity (Wildman–Crippen MR) is 574 cm³/mol. The van der Waals surface area contributed by atoms with Gasteiger partial charge in [0.25, 0.3) is 11.8 Å². The number of aromatic amines is 5. The van der Waals surface area contributed by atoms with Crippen molar-refractivity contribution in [2.24, 2.45) is 5.92 Å². The monoisotopic (exact) mass is 2060 g/mol. The van der Waals surface area contributed by atoms with Crippen molar-refractivity contribution in [2.75, 3.05) is 107 Å². The Hall–Kier alpha value is -15.6. The molecule has 22 rings (SSSR count). The normalized spacial score (nSPS) is 12.4. The molecule has 0 spiro atoms. The Kier molecular flexibility index (Phi) is 33.8. The van der Waals surface area contributed by atoms with Crippen molar-refractivity contribution in [3.63, 3.8) is 0 Å². The van der Waals surface area contributed by atoms with Crippen LogP contribution in [0.2, 0.25) is 0 Å². The lowest BCUT2D eigenvalue weighted by Crippen LogP contribution is -2.41. The molecule has 2 fully saturated rings. The van der Waals surface area contributed by atoms with Gasteiger partial charge in [-0.3, -0.25) is 66.8 Å². The number of rotatable bonds is 36. The molecule has 0 radical (unpaired) electrons. The number of amides is 2. The number of aryl methyl sites for hydroxylation is 7. The first kappa shape index (κ1) is 102. The van der Waals surface area contributed by atoms with Gasteiger partial charge in [-0.2, -0.15) is 25.5 Å². The van der Waals surface area contributed by atoms with E-state index >= 15 is 0 Å². The number of imidazole rings is 5. The SMILES string of the molecule is CCc1ccc(Sc2cc3nccn3c(Nc3cc(C)[nH]n3)n2)cc1.CNCC(=O)Cc1ccc(Sc2cc3nccn3c(Nc3cc(C)[nH]n3)n2)cc1.Cc1cc(Nc2nc(Sc3ccc(C(=O)NCCN(C)C)cc3)cc3nccn23)n[nH]1.Cc1cc(Nc2nc(Sc3ccc(C(=O)NCCN4CCOCC4)cc3)cc3nccn23)n[nH]1.Cc1cc(Nc2nc(Sc3ccc(CCC4CC4)cc3)cc3nccn23)n[nH]1. The molecule has 39 nitrogen and oxygen atoms in total. The third-order valence-corrected chi connectivity index (χ3v) is 27.7. The number of ketones is 1. The van der Waals surface area contributed by atoms with Crippen LogP contribution < -0.4 is 42.5 Å². The predicted octanol–water partition coefficient (Wildman–Crippen LogP) is 17.9. The molecule has 0 unspecified atom stereocenters. The summed E-state index contributed by atoms with van der Waals surface area (Å²) < 4.78 is 14.8. The van der Waals surface area contributed by atoms with Gasteiger partial charge < -0.3 is 52.2 Å². The summed E-state index contributed by atoms with van der Waals surface area (Å²) in [5.74, 6) is 7.83. The van der Waals surface area contributed by atoms with Gasteiger partial charge in [-0.1, -0.05) is 115 Å². The molecule has 20 aromatic rings. The second-order valence-electron chi connectivity index (χ2n) is 35.0. The molecule has 5 aromatic carbocycles. The lowest BCUT2D eigenvalue weighted by atomic mass is 10.1. The Morgan fingerprint density at radius 1 is 0.395 bits per heavy atom. The topological polar surface area (TPSA) is 458 Å². The number of anilines is 10. The number of H-pyrrole nitrogens is 5. The number of likely N-dealkylation sites (N-methyl/N-ethyl adjacent to an activating group) is 2. The van der Waals surface area contributed by atoms with Gasteiger partial charge in [0.05, 0.1) is 19.8 Å². The van der Waals surface area contributed by atoms with Crippen molar-refractivity contribution in [1.29, 1.82) is 0 Å². The van der Waals surface area contributed by atoms with Crippen LogP contribution in [0.15, 0.2) is 294 Å². The summed E-state index contributed by atoms with van der Waals surface area (Å²) in [5, 5.41) is 65.0. The number of carbonyl (C=O) groups is 3. The first-order valence-electron chi connectivity index (χ1n) is 47.9. The van der Waals surface area contributed by atoms with Crippen molar-refractivity contribution in [3.8, 4) is 0 Å². The molecule has 752 valence electrons. The van der Waals surface area contributed by atoms with E-state index in [1.165, 1.54) is 65.2 Å². The second kappa shape index (κ2) is 48.9. The third kappa shape index (κ3) is 28.6. The van der Waals surface area contributed by atoms with Crippen LogP contribution in [0.25, 0.3) is 28.2 Å². The van der Waals surface area contributed by atoms with Crippen LogP contribution >= 0.6 is 58.8 Å². The van der Waals surface area contributed by atoms with Gasteiger partial charge in [-0.05, 0) is 183 Å². The number of benzene rings is 5. The van der Waals surface area contributed by atoms with E-state index < -0.39 is 0 Å². The summed E-state index contributed by atoms with van der Waals surface area (Å²) in [4.78, 5) is 91.9. The number of nitrogens with zero attached hydrogens (tertiary/aromatic N) is 22. The Labute approximate surface area is 867 Å². The van der Waals surface area contributed by atoms with E-state index in [-0.39, 0.29) is 17.6 Å². The highest BCUT2D eigenvalue weighted by Crippen LogP contribution is 2.38. The molecule has 1 aliphatic carbocycles. The molecular weight excluding hydrogens is 1950 g/mol. The maximum absolute atomic E-state index is 12.5. The summed E-state index contributed by atoms with van der Waals surface area (Å²) in [7, 11) is 5.73. The van der Waals surface area contributed by atoms with Crippen LogP contribution in [0.1, 0.15) is 92.1 Å². The molecule has 15 aromatic heterocycles. The lowest BCUT2D eigenvalue weighted by Gasteiger charge is -2.26. The van der Waals surface area contributed by atoms with Crippen molar-refractivity contribution in [1.82, 2.24) is 149 Å². The van der Waals surface area contributed by atoms with Gasteiger partial charge in [0, 0.05) is 232 Å². The van der Waals surface area contributed by atoms with E-state index in [4.69, 9.17) is 29.7 Å². The fourth-order valence-electron chi connectivity index (χ4n) is 15.4. The number of carbonyl (C=O) groups excluding carboxylic acids is 3. The van der Waals surface area contributed by atoms with Gasteiger partial charge in [0.2, 0.25) is 29.7 Å². The number of aromatic nitrogens is 25. The highest BCUT2D eigenvalue weighted by atomic mass is 32.2. The zero-order valence-electron chi connectivity index (χ0n) is 82.3. The second-order valence-corrected chi connectivity index (χ2v) is 40.5. The third-order valence-electron chi connectivity index (χ3n) is 23.1. The van der Waals surface area contributed by atoms with Gasteiger partial charge in [-0.25, -0.2) is 49.8 Å². The van der Waals surface area contributed by atoms with Crippen molar-refractivity contribution < 1.29 is 19.1 Å². The molecule has 2 amide bonds. The number of morpholine rings is 1. The average Bonchev–Trinajstić information content (AvgIpc) is 1.71. The van der Waals surface area contributed by atoms with Gasteiger partial charge in [-0.15, -0.1) is 0 Å². The number of hydrogen-bond acceptors (Lipinski definition) is 32. The Morgan fingerprint density at radius 3 is 0.980 bits per heavy atom. The molecule has 1 saturated carbocycles. The Balaban J connectivity index is 0.000000121. The Morgan fingerprint density at radius 2 is 0.694 bits per heavy atom. The summed E-state index contributed by atoms with van der Waals surface area (Å²) in [6.07, 6.45) is 24.9. The Bertz CT molecular complexity index is 7790. The van der Waals surface area contributed by atoms with Gasteiger partial charge in [0.1, 0.15) is 53.4 Å². The van der Waals surface area contributed by atoms with E-state index in [1.807, 2.05) is 240 Å². The van der Waals surface area contributed by atoms with Crippen LogP contribution in [0, 0.1) is 40.5 Å². The van der Waals surface area contributed by atoms with Gasteiger partial charge in [0.15, 0.2) is 34.9 Å². The molecule has 0 atom stereocenters. The number of hydrogen-bond donors (Lipinski definition) is 13. The van der Waals surface area contributed by atoms with Crippen molar-refractivity contribution >= 4 is 163 Å². The fourth-order valence-corrected chi connectivity index (χ4v) is 19.4. The fraction of sp³-hybridized carbons (Fsp3) is 0.243. The smallest absolute Gasteiger partial charge is 0.251 e. The molecule has 16 heterocycles. The molecule has 1 saturated heterocycles. The van der Waals surface area contributed by atoms with Crippen LogP contribution in [0.5, 0.6) is 0 Å². The van der Waals surface area contributed by atoms with E-state index in [0.29, 0.717) is 84.4 Å². The average molecular weight is 2060 g/mol. The minimum absolute atomic E-state index is 0.0671. The first-order chi connectivity index (χ1) is 71.6. The minimum atomic E-state index is -0.0730. The van der Waals surface area contributed by atoms with Crippen LogP contribution in [-0.2, 0) is 28.8 Å². The number of Topliss-reactive ketones (excluding diaryl/α,β-unsaturated/α-hetero) is 1. The number of nitrogens with one attached hydrogen (secondary N) is 13. The molecule has 2 aliphatic rings. The number of ether oxygens (including phenoxy) is 1. The quantitative estimate of drug-likeness (QED) is 0.0162. The highest BCUT2D eigenvalue weighted by Gasteiger charge is 2.23. The van der Waals surface area contributed by atoms with Crippen LogP contribution in [0.3, 0.4) is 0 Å². The molecule has 0 bridgehead atoms. The summed E-state index contributed by atoms with van der Waals surface area (Å²) in [6, 6.07) is 59.9. The van der Waals surface area contributed by atoms with Gasteiger partial charge >= 0.3 is 0 Å². The molecule has 13 N–H and O–H groups in total. The maximum Gasteiger partial charge on any atom is 0.251 e. The van der Waals surface area contributed by atoms with E-state index in [9.17, 15) is 14.4 Å². The molecule has 1 aliphatic heterocycles. The number of fused-ring (bicyclic) bond motifs is 5. The molecule has 147 heavy (non-hydrogen) atoms. The minimum Gasteiger partial charge on any atom is -0.379 e. The van der Waals surface area contributed by atoms with E-state index in [0.717, 1.165) is 170 Å². The summed E-state index contributed by atoms with van der Waals surface area (Å²) >= 11 is 7.83. The largest absolute Gasteiger partial charge is 0.379 e.